The Kier molecular flexibility index (Phi) is 4.77. The Morgan fingerprint density at radius 2 is 2.57 bits per heavy atom. The third-order valence-electron chi connectivity index (χ3n) is 2.08. The topological polar surface area (TPSA) is 53.3 Å². The van der Waals surface area contributed by atoms with Crippen LogP contribution >= 0.6 is 11.8 Å². The maximum absolute atomic E-state index is 11.6. The average molecular weight is 214 g/mol. The minimum atomic E-state index is -0.443. The van der Waals surface area contributed by atoms with Crippen LogP contribution in [0.15, 0.2) is 0 Å². The van der Waals surface area contributed by atoms with Crippen LogP contribution < -0.4 is 0 Å². The highest BCUT2D eigenvalue weighted by molar-refractivity contribution is 7.98. The van der Waals surface area contributed by atoms with E-state index in [9.17, 15) is 4.79 Å². The summed E-state index contributed by atoms with van der Waals surface area (Å²) in [6, 6.07) is 2.02. The molecule has 1 atom stereocenters. The summed E-state index contributed by atoms with van der Waals surface area (Å²) in [5.41, 5.74) is 0. The fraction of sp³-hybridized carbons (Fsp3) is 0.778. The lowest BCUT2D eigenvalue weighted by Gasteiger charge is -2.29. The van der Waals surface area contributed by atoms with E-state index in [0.717, 1.165) is 5.75 Å². The van der Waals surface area contributed by atoms with Crippen LogP contribution in [0.2, 0.25) is 0 Å². The number of rotatable bonds is 3. The van der Waals surface area contributed by atoms with Crippen molar-refractivity contribution < 1.29 is 9.53 Å². The molecule has 0 radical (unpaired) electrons. The zero-order valence-corrected chi connectivity index (χ0v) is 9.05. The average Bonchev–Trinajstić information content (AvgIpc) is 2.26. The molecule has 0 bridgehead atoms. The number of nitriles is 1. The molecular weight excluding hydrogens is 200 g/mol. The Bertz CT molecular complexity index is 239. The molecule has 78 valence electrons. The van der Waals surface area contributed by atoms with Gasteiger partial charge in [0.1, 0.15) is 0 Å². The zero-order valence-electron chi connectivity index (χ0n) is 8.23. The van der Waals surface area contributed by atoms with Crippen molar-refractivity contribution in [2.24, 2.45) is 0 Å². The normalized spacial score (nSPS) is 21.7. The molecule has 1 aliphatic heterocycles. The van der Waals surface area contributed by atoms with E-state index in [1.165, 1.54) is 0 Å². The number of amides is 1. The highest BCUT2D eigenvalue weighted by atomic mass is 32.2. The van der Waals surface area contributed by atoms with E-state index in [1.54, 1.807) is 16.7 Å². The molecule has 1 rings (SSSR count). The SMILES string of the molecule is CSCCC(=O)N1CCOC(C#N)C1. The monoisotopic (exact) mass is 214 g/mol. The minimum absolute atomic E-state index is 0.128. The molecule has 1 heterocycles. The summed E-state index contributed by atoms with van der Waals surface area (Å²) < 4.78 is 5.15. The van der Waals surface area contributed by atoms with Gasteiger partial charge in [-0.2, -0.15) is 17.0 Å². The fourth-order valence-corrected chi connectivity index (χ4v) is 1.68. The Balaban J connectivity index is 2.36. The molecule has 0 aromatic heterocycles. The summed E-state index contributed by atoms with van der Waals surface area (Å²) in [4.78, 5) is 13.3. The zero-order chi connectivity index (χ0) is 10.4. The second kappa shape index (κ2) is 5.89. The maximum atomic E-state index is 11.6. The number of nitrogens with zero attached hydrogens (tertiary/aromatic N) is 2. The molecule has 0 aromatic carbocycles. The van der Waals surface area contributed by atoms with Gasteiger partial charge in [-0.1, -0.05) is 0 Å². The molecule has 1 unspecified atom stereocenters. The molecule has 0 saturated carbocycles. The molecule has 14 heavy (non-hydrogen) atoms. The van der Waals surface area contributed by atoms with Crippen molar-refractivity contribution >= 4 is 17.7 Å². The standard InChI is InChI=1S/C9H14N2O2S/c1-14-5-2-9(12)11-3-4-13-8(6-10)7-11/h8H,2-5,7H2,1H3. The van der Waals surface area contributed by atoms with Crippen LogP contribution in [-0.2, 0) is 9.53 Å². The lowest BCUT2D eigenvalue weighted by molar-refractivity contribution is -0.136. The molecule has 1 amide bonds. The fourth-order valence-electron chi connectivity index (χ4n) is 1.30. The van der Waals surface area contributed by atoms with Gasteiger partial charge in [-0.3, -0.25) is 4.79 Å². The van der Waals surface area contributed by atoms with E-state index in [0.29, 0.717) is 26.1 Å². The molecule has 0 N–H and O–H groups in total. The van der Waals surface area contributed by atoms with Gasteiger partial charge in [0.15, 0.2) is 6.10 Å². The number of hydrogen-bond donors (Lipinski definition) is 0. The van der Waals surface area contributed by atoms with Crippen LogP contribution in [0.4, 0.5) is 0 Å². The highest BCUT2D eigenvalue weighted by Crippen LogP contribution is 2.07. The number of thioether (sulfide) groups is 1. The van der Waals surface area contributed by atoms with Gasteiger partial charge in [0, 0.05) is 18.7 Å². The summed E-state index contributed by atoms with van der Waals surface area (Å²) >= 11 is 1.66. The third-order valence-corrected chi connectivity index (χ3v) is 2.70. The Morgan fingerprint density at radius 3 is 3.21 bits per heavy atom. The van der Waals surface area contributed by atoms with Gasteiger partial charge in [0.2, 0.25) is 5.91 Å². The molecule has 0 aromatic rings. The molecule has 0 aliphatic carbocycles. The summed E-state index contributed by atoms with van der Waals surface area (Å²) in [6.07, 6.45) is 2.09. The van der Waals surface area contributed by atoms with Crippen LogP contribution in [-0.4, -0.2) is 48.6 Å². The Morgan fingerprint density at radius 1 is 1.79 bits per heavy atom. The molecule has 1 aliphatic rings. The second-order valence-electron chi connectivity index (χ2n) is 3.07. The van der Waals surface area contributed by atoms with Crippen LogP contribution in [0.5, 0.6) is 0 Å². The number of morpholine rings is 1. The largest absolute Gasteiger partial charge is 0.360 e. The van der Waals surface area contributed by atoms with E-state index in [-0.39, 0.29) is 5.91 Å². The molecule has 4 nitrogen and oxygen atoms in total. The summed E-state index contributed by atoms with van der Waals surface area (Å²) in [7, 11) is 0. The first-order valence-corrected chi connectivity index (χ1v) is 5.95. The number of hydrogen-bond acceptors (Lipinski definition) is 4. The van der Waals surface area contributed by atoms with E-state index < -0.39 is 6.10 Å². The maximum Gasteiger partial charge on any atom is 0.223 e. The quantitative estimate of drug-likeness (QED) is 0.686. The van der Waals surface area contributed by atoms with E-state index >= 15 is 0 Å². The highest BCUT2D eigenvalue weighted by Gasteiger charge is 2.23. The second-order valence-corrected chi connectivity index (χ2v) is 4.06. The number of carbonyl (C=O) groups is 1. The van der Waals surface area contributed by atoms with Crippen molar-refractivity contribution in [1.82, 2.24) is 4.90 Å². The molecule has 1 fully saturated rings. The minimum Gasteiger partial charge on any atom is -0.360 e. The van der Waals surface area contributed by atoms with Crippen molar-refractivity contribution in [3.63, 3.8) is 0 Å². The Hall–Kier alpha value is -0.730. The Labute approximate surface area is 88.2 Å². The third kappa shape index (κ3) is 3.20. The lowest BCUT2D eigenvalue weighted by atomic mass is 10.2. The molecule has 5 heteroatoms. The van der Waals surface area contributed by atoms with E-state index in [2.05, 4.69) is 0 Å². The van der Waals surface area contributed by atoms with E-state index in [1.807, 2.05) is 12.3 Å². The lowest BCUT2D eigenvalue weighted by Crippen LogP contribution is -2.45. The summed E-state index contributed by atoms with van der Waals surface area (Å²) in [5, 5.41) is 8.65. The molecule has 1 saturated heterocycles. The van der Waals surface area contributed by atoms with Crippen LogP contribution in [0.25, 0.3) is 0 Å². The van der Waals surface area contributed by atoms with Gasteiger partial charge in [-0.25, -0.2) is 0 Å². The number of ether oxygens (including phenoxy) is 1. The summed E-state index contributed by atoms with van der Waals surface area (Å²) in [6.45, 7) is 1.51. The van der Waals surface area contributed by atoms with Gasteiger partial charge >= 0.3 is 0 Å². The predicted octanol–water partition coefficient (Wildman–Crippen LogP) is 0.490. The first-order chi connectivity index (χ1) is 6.77. The van der Waals surface area contributed by atoms with Crippen molar-refractivity contribution in [3.8, 4) is 6.07 Å². The predicted molar refractivity (Wildman–Crippen MR) is 54.9 cm³/mol. The van der Waals surface area contributed by atoms with Crippen LogP contribution in [0.3, 0.4) is 0 Å². The first-order valence-electron chi connectivity index (χ1n) is 4.56. The smallest absolute Gasteiger partial charge is 0.223 e. The van der Waals surface area contributed by atoms with Crippen LogP contribution in [0, 0.1) is 11.3 Å². The first kappa shape index (κ1) is 11.3. The van der Waals surface area contributed by atoms with Gasteiger partial charge in [-0.15, -0.1) is 0 Å². The molecule has 0 spiro atoms. The van der Waals surface area contributed by atoms with Gasteiger partial charge in [0.05, 0.1) is 19.2 Å². The van der Waals surface area contributed by atoms with Gasteiger partial charge in [0.25, 0.3) is 0 Å². The molecular formula is C9H14N2O2S. The van der Waals surface area contributed by atoms with Crippen molar-refractivity contribution in [2.75, 3.05) is 31.7 Å². The van der Waals surface area contributed by atoms with Crippen LogP contribution in [0.1, 0.15) is 6.42 Å². The van der Waals surface area contributed by atoms with Gasteiger partial charge in [-0.05, 0) is 6.26 Å². The summed E-state index contributed by atoms with van der Waals surface area (Å²) in [5.74, 6) is 0.968. The van der Waals surface area contributed by atoms with Crippen molar-refractivity contribution in [3.05, 3.63) is 0 Å². The van der Waals surface area contributed by atoms with E-state index in [4.69, 9.17) is 10.00 Å². The van der Waals surface area contributed by atoms with Crippen molar-refractivity contribution in [2.45, 2.75) is 12.5 Å². The number of carbonyl (C=O) groups excluding carboxylic acids is 1. The van der Waals surface area contributed by atoms with Crippen molar-refractivity contribution in [1.29, 1.82) is 5.26 Å². The van der Waals surface area contributed by atoms with Gasteiger partial charge < -0.3 is 9.64 Å².